The predicted molar refractivity (Wildman–Crippen MR) is 73.7 cm³/mol. The molecule has 2 fully saturated rings. The lowest BCUT2D eigenvalue weighted by molar-refractivity contribution is -0.138. The van der Waals surface area contributed by atoms with Crippen molar-refractivity contribution in [2.45, 2.75) is 45.2 Å². The molecule has 1 atom stereocenters. The molecule has 1 unspecified atom stereocenters. The molecule has 0 aliphatic carbocycles. The van der Waals surface area contributed by atoms with Crippen molar-refractivity contribution in [3.8, 4) is 0 Å². The van der Waals surface area contributed by atoms with Crippen LogP contribution in [0, 0.1) is 0 Å². The van der Waals surface area contributed by atoms with Crippen molar-refractivity contribution < 1.29 is 8.78 Å². The minimum absolute atomic E-state index is 0.0800. The molecule has 2 rings (SSSR count). The maximum atomic E-state index is 14.3. The van der Waals surface area contributed by atoms with Gasteiger partial charge < -0.3 is 4.90 Å². The summed E-state index contributed by atoms with van der Waals surface area (Å²) in [5.41, 5.74) is 0. The second kappa shape index (κ2) is 6.02. The van der Waals surface area contributed by atoms with Gasteiger partial charge in [-0.2, -0.15) is 0 Å². The normalized spacial score (nSPS) is 30.9. The van der Waals surface area contributed by atoms with E-state index in [9.17, 15) is 8.78 Å². The molecule has 3 nitrogen and oxygen atoms in total. The summed E-state index contributed by atoms with van der Waals surface area (Å²) in [5, 5.41) is 0. The van der Waals surface area contributed by atoms with Crippen LogP contribution in [0.1, 0.15) is 27.2 Å². The first-order valence-corrected chi connectivity index (χ1v) is 7.52. The van der Waals surface area contributed by atoms with Crippen LogP contribution in [0.3, 0.4) is 0 Å². The number of halogens is 2. The highest BCUT2D eigenvalue weighted by atomic mass is 19.3. The molecule has 0 N–H and O–H groups in total. The lowest BCUT2D eigenvalue weighted by Crippen LogP contribution is -2.62. The maximum absolute atomic E-state index is 14.3. The molecular formula is C14H27F2N3. The summed E-state index contributed by atoms with van der Waals surface area (Å²) in [6.07, 6.45) is 0.595. The number of piperazine rings is 1. The average Bonchev–Trinajstić information content (AvgIpc) is 2.37. The number of likely N-dealkylation sites (N-methyl/N-ethyl adjacent to an activating group) is 1. The molecule has 0 radical (unpaired) electrons. The van der Waals surface area contributed by atoms with E-state index in [0.717, 1.165) is 39.3 Å². The number of hydrogen-bond donors (Lipinski definition) is 0. The monoisotopic (exact) mass is 275 g/mol. The second-order valence-electron chi connectivity index (χ2n) is 6.10. The summed E-state index contributed by atoms with van der Waals surface area (Å²) in [4.78, 5) is 6.25. The minimum Gasteiger partial charge on any atom is -0.301 e. The molecule has 19 heavy (non-hydrogen) atoms. The highest BCUT2D eigenvalue weighted by molar-refractivity contribution is 4.95. The van der Waals surface area contributed by atoms with Gasteiger partial charge in [-0.05, 0) is 26.8 Å². The summed E-state index contributed by atoms with van der Waals surface area (Å²) < 4.78 is 28.7. The van der Waals surface area contributed by atoms with Crippen LogP contribution in [0.25, 0.3) is 0 Å². The highest BCUT2D eigenvalue weighted by Gasteiger charge is 2.48. The number of nitrogens with zero attached hydrogens (tertiary/aromatic N) is 3. The van der Waals surface area contributed by atoms with E-state index in [1.807, 2.05) is 23.6 Å². The van der Waals surface area contributed by atoms with Gasteiger partial charge >= 0.3 is 0 Å². The first-order chi connectivity index (χ1) is 8.94. The lowest BCUT2D eigenvalue weighted by atomic mass is 9.97. The molecule has 2 aliphatic rings. The van der Waals surface area contributed by atoms with Gasteiger partial charge in [-0.1, -0.05) is 6.92 Å². The van der Waals surface area contributed by atoms with E-state index in [0.29, 0.717) is 6.42 Å². The Bertz CT molecular complexity index is 288. The largest absolute Gasteiger partial charge is 0.301 e. The van der Waals surface area contributed by atoms with Gasteiger partial charge in [0, 0.05) is 38.8 Å². The van der Waals surface area contributed by atoms with Crippen molar-refractivity contribution in [3.05, 3.63) is 0 Å². The van der Waals surface area contributed by atoms with E-state index in [1.54, 1.807) is 0 Å². The van der Waals surface area contributed by atoms with E-state index in [1.165, 1.54) is 0 Å². The topological polar surface area (TPSA) is 9.72 Å². The third-order valence-electron chi connectivity index (χ3n) is 4.62. The SMILES string of the molecule is CCN1CCN(C2CCN(C(C)C)CC2(F)F)CC1. The Morgan fingerprint density at radius 1 is 1.11 bits per heavy atom. The van der Waals surface area contributed by atoms with Crippen molar-refractivity contribution in [1.82, 2.24) is 14.7 Å². The van der Waals surface area contributed by atoms with Crippen molar-refractivity contribution in [3.63, 3.8) is 0 Å². The van der Waals surface area contributed by atoms with Gasteiger partial charge in [0.25, 0.3) is 5.92 Å². The van der Waals surface area contributed by atoms with Gasteiger partial charge in [0.05, 0.1) is 12.6 Å². The number of rotatable bonds is 3. The van der Waals surface area contributed by atoms with Gasteiger partial charge in [0.1, 0.15) is 0 Å². The van der Waals surface area contributed by atoms with Gasteiger partial charge in [-0.25, -0.2) is 8.78 Å². The Hall–Kier alpha value is -0.260. The summed E-state index contributed by atoms with van der Waals surface area (Å²) in [7, 11) is 0. The highest BCUT2D eigenvalue weighted by Crippen LogP contribution is 2.32. The molecule has 2 heterocycles. The molecular weight excluding hydrogens is 248 g/mol. The number of hydrogen-bond acceptors (Lipinski definition) is 3. The molecule has 112 valence electrons. The summed E-state index contributed by atoms with van der Waals surface area (Å²) in [5.74, 6) is -2.57. The fourth-order valence-corrected chi connectivity index (χ4v) is 3.24. The van der Waals surface area contributed by atoms with Crippen molar-refractivity contribution in [1.29, 1.82) is 0 Å². The van der Waals surface area contributed by atoms with Crippen LogP contribution in [0.15, 0.2) is 0 Å². The Labute approximate surface area is 115 Å². The lowest BCUT2D eigenvalue weighted by Gasteiger charge is -2.47. The molecule has 5 heteroatoms. The summed E-state index contributed by atoms with van der Waals surface area (Å²) in [6.45, 7) is 11.3. The smallest absolute Gasteiger partial charge is 0.275 e. The third kappa shape index (κ3) is 3.44. The minimum atomic E-state index is -2.57. The zero-order valence-corrected chi connectivity index (χ0v) is 12.4. The van der Waals surface area contributed by atoms with E-state index in [2.05, 4.69) is 11.8 Å². The molecule has 0 aromatic carbocycles. The fraction of sp³-hybridized carbons (Fsp3) is 1.00. The average molecular weight is 275 g/mol. The molecule has 0 spiro atoms. The van der Waals surface area contributed by atoms with Crippen LogP contribution in [0.5, 0.6) is 0 Å². The van der Waals surface area contributed by atoms with Crippen LogP contribution in [-0.4, -0.2) is 78.5 Å². The number of likely N-dealkylation sites (tertiary alicyclic amines) is 1. The molecule has 2 saturated heterocycles. The molecule has 0 aromatic rings. The number of alkyl halides is 2. The molecule has 2 aliphatic heterocycles. The van der Waals surface area contributed by atoms with Crippen LogP contribution in [-0.2, 0) is 0 Å². The molecule has 0 amide bonds. The first-order valence-electron chi connectivity index (χ1n) is 7.52. The molecule has 0 saturated carbocycles. The maximum Gasteiger partial charge on any atom is 0.275 e. The summed E-state index contributed by atoms with van der Waals surface area (Å²) >= 11 is 0. The van der Waals surface area contributed by atoms with Gasteiger partial charge in [0.2, 0.25) is 0 Å². The zero-order valence-electron chi connectivity index (χ0n) is 12.4. The second-order valence-corrected chi connectivity index (χ2v) is 6.10. The molecule has 0 aromatic heterocycles. The van der Waals surface area contributed by atoms with Crippen LogP contribution >= 0.6 is 0 Å². The van der Waals surface area contributed by atoms with Crippen LogP contribution < -0.4 is 0 Å². The van der Waals surface area contributed by atoms with Crippen molar-refractivity contribution in [2.75, 3.05) is 45.8 Å². The standard InChI is InChI=1S/C14H27F2N3/c1-4-17-7-9-18(10-8-17)13-5-6-19(12(2)3)11-14(13,15)16/h12-13H,4-11H2,1-3H3. The Balaban J connectivity index is 1.94. The fourth-order valence-electron chi connectivity index (χ4n) is 3.24. The number of piperidine rings is 1. The Morgan fingerprint density at radius 3 is 2.21 bits per heavy atom. The van der Waals surface area contributed by atoms with Crippen molar-refractivity contribution >= 4 is 0 Å². The van der Waals surface area contributed by atoms with Gasteiger partial charge in [-0.3, -0.25) is 9.80 Å². The van der Waals surface area contributed by atoms with Crippen LogP contribution in [0.2, 0.25) is 0 Å². The Morgan fingerprint density at radius 2 is 1.74 bits per heavy atom. The Kier molecular flexibility index (Phi) is 4.79. The van der Waals surface area contributed by atoms with E-state index in [-0.39, 0.29) is 12.6 Å². The van der Waals surface area contributed by atoms with Crippen LogP contribution in [0.4, 0.5) is 8.78 Å². The van der Waals surface area contributed by atoms with Crippen molar-refractivity contribution in [2.24, 2.45) is 0 Å². The molecule has 0 bridgehead atoms. The zero-order chi connectivity index (χ0) is 14.0. The quantitative estimate of drug-likeness (QED) is 0.777. The van der Waals surface area contributed by atoms with E-state index in [4.69, 9.17) is 0 Å². The van der Waals surface area contributed by atoms with Gasteiger partial charge in [0.15, 0.2) is 0 Å². The van der Waals surface area contributed by atoms with E-state index >= 15 is 0 Å². The summed E-state index contributed by atoms with van der Waals surface area (Å²) in [6, 6.07) is -0.342. The third-order valence-corrected chi connectivity index (χ3v) is 4.62. The van der Waals surface area contributed by atoms with E-state index < -0.39 is 12.0 Å². The first kappa shape index (κ1) is 15.1. The van der Waals surface area contributed by atoms with Gasteiger partial charge in [-0.15, -0.1) is 0 Å². The predicted octanol–water partition coefficient (Wildman–Crippen LogP) is 1.74.